The molecule has 0 aliphatic rings. The Bertz CT molecular complexity index is 370. The van der Waals surface area contributed by atoms with Gasteiger partial charge in [0.1, 0.15) is 0 Å². The maximum absolute atomic E-state index is 11.0. The highest BCUT2D eigenvalue weighted by atomic mass is 16.4. The fraction of sp³-hybridized carbons (Fsp3) is 0.667. The Morgan fingerprint density at radius 1 is 1.05 bits per heavy atom. The molecule has 0 aromatic rings. The molecule has 1 unspecified atom stereocenters. The Kier molecular flexibility index (Phi) is 6.46. The fourth-order valence-electron chi connectivity index (χ4n) is 1.84. The molecular formula is C15H26O4. The highest BCUT2D eigenvalue weighted by Crippen LogP contribution is 2.22. The van der Waals surface area contributed by atoms with Crippen LogP contribution in [-0.2, 0) is 4.79 Å². The monoisotopic (exact) mass is 270 g/mol. The molecule has 0 saturated carbocycles. The summed E-state index contributed by atoms with van der Waals surface area (Å²) in [5.74, 6) is -1.26. The van der Waals surface area contributed by atoms with Crippen LogP contribution in [-0.4, -0.2) is 32.5 Å². The van der Waals surface area contributed by atoms with E-state index in [2.05, 4.69) is 0 Å². The van der Waals surface area contributed by atoms with Gasteiger partial charge >= 0.3 is 5.97 Å². The molecule has 3 N–H and O–H groups in total. The number of aliphatic hydroxyl groups is 2. The van der Waals surface area contributed by atoms with E-state index in [-0.39, 0.29) is 0 Å². The summed E-state index contributed by atoms with van der Waals surface area (Å²) in [5, 5.41) is 28.7. The second-order valence-corrected chi connectivity index (χ2v) is 5.59. The molecule has 0 heterocycles. The van der Waals surface area contributed by atoms with Crippen LogP contribution in [0.2, 0.25) is 0 Å². The van der Waals surface area contributed by atoms with Crippen LogP contribution in [0.25, 0.3) is 0 Å². The summed E-state index contributed by atoms with van der Waals surface area (Å²) in [6.07, 6.45) is 5.20. The Morgan fingerprint density at radius 2 is 1.58 bits per heavy atom. The number of carboxylic acids is 1. The third-order valence-electron chi connectivity index (χ3n) is 3.06. The van der Waals surface area contributed by atoms with Crippen molar-refractivity contribution in [2.24, 2.45) is 0 Å². The standard InChI is InChI=1S/C15H26O4/c1-6-11(10-14(3,4)18)8-9-12(7-2)15(5,19)13(16)17/h8-9,18-19H,6-7,10H2,1-5H3,(H,16,17)/b11-8+,12-9+. The number of allylic oxidation sites excluding steroid dienone is 2. The molecule has 0 aliphatic heterocycles. The number of carbonyl (C=O) groups is 1. The Hall–Kier alpha value is -1.13. The molecule has 19 heavy (non-hydrogen) atoms. The number of hydrogen-bond donors (Lipinski definition) is 3. The average molecular weight is 270 g/mol. The van der Waals surface area contributed by atoms with Crippen LogP contribution in [0, 0.1) is 0 Å². The zero-order valence-corrected chi connectivity index (χ0v) is 12.5. The van der Waals surface area contributed by atoms with Crippen molar-refractivity contribution in [2.45, 2.75) is 65.1 Å². The van der Waals surface area contributed by atoms with Gasteiger partial charge in [-0.3, -0.25) is 0 Å². The average Bonchev–Trinajstić information content (AvgIpc) is 2.26. The van der Waals surface area contributed by atoms with Gasteiger partial charge in [0, 0.05) is 0 Å². The van der Waals surface area contributed by atoms with Crippen molar-refractivity contribution in [3.8, 4) is 0 Å². The quantitative estimate of drug-likeness (QED) is 0.621. The van der Waals surface area contributed by atoms with Crippen LogP contribution in [0.3, 0.4) is 0 Å². The third-order valence-corrected chi connectivity index (χ3v) is 3.06. The fourth-order valence-corrected chi connectivity index (χ4v) is 1.84. The molecule has 0 rings (SSSR count). The van der Waals surface area contributed by atoms with Gasteiger partial charge in [-0.15, -0.1) is 0 Å². The van der Waals surface area contributed by atoms with Crippen LogP contribution >= 0.6 is 0 Å². The molecule has 0 amide bonds. The normalized spacial score (nSPS) is 17.2. The van der Waals surface area contributed by atoms with Gasteiger partial charge in [0.25, 0.3) is 0 Å². The predicted octanol–water partition coefficient (Wildman–Crippen LogP) is 2.66. The summed E-state index contributed by atoms with van der Waals surface area (Å²) >= 11 is 0. The van der Waals surface area contributed by atoms with Crippen LogP contribution < -0.4 is 0 Å². The first-order valence-electron chi connectivity index (χ1n) is 6.61. The van der Waals surface area contributed by atoms with Gasteiger partial charge in [0.05, 0.1) is 5.60 Å². The zero-order valence-electron chi connectivity index (χ0n) is 12.5. The van der Waals surface area contributed by atoms with Crippen LogP contribution in [0.15, 0.2) is 23.3 Å². The maximum atomic E-state index is 11.0. The van der Waals surface area contributed by atoms with Gasteiger partial charge in [-0.05, 0) is 45.6 Å². The Labute approximate surface area is 115 Å². The topological polar surface area (TPSA) is 77.8 Å². The summed E-state index contributed by atoms with van der Waals surface area (Å²) in [6, 6.07) is 0. The van der Waals surface area contributed by atoms with Gasteiger partial charge < -0.3 is 15.3 Å². The van der Waals surface area contributed by atoms with Gasteiger partial charge in [0.15, 0.2) is 5.60 Å². The SMILES string of the molecule is CC/C(=C\C=C(/CC)C(C)(O)C(=O)O)CC(C)(C)O. The minimum Gasteiger partial charge on any atom is -0.479 e. The van der Waals surface area contributed by atoms with Crippen molar-refractivity contribution in [3.05, 3.63) is 23.3 Å². The van der Waals surface area contributed by atoms with Gasteiger partial charge in [-0.2, -0.15) is 0 Å². The number of carboxylic acid groups (broad SMARTS) is 1. The first kappa shape index (κ1) is 17.9. The third kappa shape index (κ3) is 6.03. The van der Waals surface area contributed by atoms with E-state index in [0.29, 0.717) is 18.4 Å². The molecule has 110 valence electrons. The lowest BCUT2D eigenvalue weighted by Gasteiger charge is -2.21. The Balaban J connectivity index is 5.22. The van der Waals surface area contributed by atoms with E-state index in [1.54, 1.807) is 32.9 Å². The highest BCUT2D eigenvalue weighted by molar-refractivity contribution is 5.80. The summed E-state index contributed by atoms with van der Waals surface area (Å²) in [5.41, 5.74) is -1.18. The van der Waals surface area contributed by atoms with Crippen molar-refractivity contribution >= 4 is 5.97 Å². The number of aliphatic carboxylic acids is 1. The largest absolute Gasteiger partial charge is 0.479 e. The maximum Gasteiger partial charge on any atom is 0.339 e. The van der Waals surface area contributed by atoms with E-state index in [9.17, 15) is 15.0 Å². The molecule has 0 radical (unpaired) electrons. The number of hydrogen-bond acceptors (Lipinski definition) is 3. The van der Waals surface area contributed by atoms with Crippen molar-refractivity contribution in [1.82, 2.24) is 0 Å². The molecule has 4 heteroatoms. The van der Waals surface area contributed by atoms with Gasteiger partial charge in [-0.1, -0.05) is 31.6 Å². The Morgan fingerprint density at radius 3 is 1.89 bits per heavy atom. The summed E-state index contributed by atoms with van der Waals surface area (Å²) in [6.45, 7) is 8.52. The van der Waals surface area contributed by atoms with Crippen molar-refractivity contribution in [3.63, 3.8) is 0 Å². The van der Waals surface area contributed by atoms with E-state index in [1.807, 2.05) is 6.92 Å². The molecule has 0 aromatic heterocycles. The molecule has 0 aromatic carbocycles. The van der Waals surface area contributed by atoms with E-state index < -0.39 is 17.2 Å². The molecule has 1 atom stereocenters. The smallest absolute Gasteiger partial charge is 0.339 e. The van der Waals surface area contributed by atoms with Crippen molar-refractivity contribution < 1.29 is 20.1 Å². The molecule has 0 spiro atoms. The van der Waals surface area contributed by atoms with Crippen LogP contribution in [0.4, 0.5) is 0 Å². The van der Waals surface area contributed by atoms with Gasteiger partial charge in [-0.25, -0.2) is 4.79 Å². The molecule has 0 fully saturated rings. The first-order valence-corrected chi connectivity index (χ1v) is 6.61. The second-order valence-electron chi connectivity index (χ2n) is 5.59. The minimum atomic E-state index is -1.85. The zero-order chi connectivity index (χ0) is 15.3. The second kappa shape index (κ2) is 6.87. The molecule has 0 saturated heterocycles. The molecule has 4 nitrogen and oxygen atoms in total. The summed E-state index contributed by atoms with van der Waals surface area (Å²) < 4.78 is 0. The van der Waals surface area contributed by atoms with Crippen molar-refractivity contribution in [2.75, 3.05) is 0 Å². The first-order chi connectivity index (χ1) is 8.54. The van der Waals surface area contributed by atoms with E-state index in [0.717, 1.165) is 12.0 Å². The van der Waals surface area contributed by atoms with E-state index in [4.69, 9.17) is 5.11 Å². The van der Waals surface area contributed by atoms with Crippen LogP contribution in [0.5, 0.6) is 0 Å². The van der Waals surface area contributed by atoms with Crippen molar-refractivity contribution in [1.29, 1.82) is 0 Å². The molecule has 0 bridgehead atoms. The molecular weight excluding hydrogens is 244 g/mol. The predicted molar refractivity (Wildman–Crippen MR) is 75.9 cm³/mol. The lowest BCUT2D eigenvalue weighted by atomic mass is 9.91. The van der Waals surface area contributed by atoms with Crippen LogP contribution in [0.1, 0.15) is 53.9 Å². The highest BCUT2D eigenvalue weighted by Gasteiger charge is 2.33. The lowest BCUT2D eigenvalue weighted by molar-refractivity contribution is -0.152. The lowest BCUT2D eigenvalue weighted by Crippen LogP contribution is -2.36. The summed E-state index contributed by atoms with van der Waals surface area (Å²) in [4.78, 5) is 11.0. The molecule has 0 aliphatic carbocycles. The van der Waals surface area contributed by atoms with Gasteiger partial charge in [0.2, 0.25) is 0 Å². The van der Waals surface area contributed by atoms with E-state index >= 15 is 0 Å². The number of rotatable bonds is 7. The summed E-state index contributed by atoms with van der Waals surface area (Å²) in [7, 11) is 0. The van der Waals surface area contributed by atoms with E-state index in [1.165, 1.54) is 6.92 Å². The minimum absolute atomic E-state index is 0.446.